The maximum Gasteiger partial charge on any atom is 0.119 e. The Morgan fingerprint density at radius 3 is 2.95 bits per heavy atom. The molecule has 2 N–H and O–H groups in total. The van der Waals surface area contributed by atoms with Crippen LogP contribution in [0.15, 0.2) is 18.2 Å². The van der Waals surface area contributed by atoms with Gasteiger partial charge < -0.3 is 10.4 Å². The number of hydrogen-bond donors (Lipinski definition) is 2. The van der Waals surface area contributed by atoms with E-state index in [-0.39, 0.29) is 0 Å². The second kappa shape index (κ2) is 6.95. The summed E-state index contributed by atoms with van der Waals surface area (Å²) in [6, 6.07) is 6.37. The number of phenols is 1. The molecule has 2 unspecified atom stereocenters. The van der Waals surface area contributed by atoms with Gasteiger partial charge in [-0.15, -0.1) is 0 Å². The smallest absolute Gasteiger partial charge is 0.119 e. The van der Waals surface area contributed by atoms with E-state index in [4.69, 9.17) is 0 Å². The van der Waals surface area contributed by atoms with Crippen LogP contribution in [0, 0.1) is 5.92 Å². The van der Waals surface area contributed by atoms with Gasteiger partial charge in [0.25, 0.3) is 0 Å². The van der Waals surface area contributed by atoms with E-state index < -0.39 is 0 Å². The monoisotopic (exact) mass is 261 g/mol. The van der Waals surface area contributed by atoms with Gasteiger partial charge in [-0.3, -0.25) is 0 Å². The summed E-state index contributed by atoms with van der Waals surface area (Å²) in [4.78, 5) is 0. The predicted octanol–water partition coefficient (Wildman–Crippen LogP) is 4.19. The van der Waals surface area contributed by atoms with Gasteiger partial charge in [0, 0.05) is 6.04 Å². The number of fused-ring (bicyclic) bond motifs is 1. The fraction of sp³-hybridized carbons (Fsp3) is 0.647. The summed E-state index contributed by atoms with van der Waals surface area (Å²) in [5.41, 5.74) is 2.46. The third-order valence-corrected chi connectivity index (χ3v) is 4.44. The zero-order valence-electron chi connectivity index (χ0n) is 12.3. The molecule has 0 amide bonds. The van der Waals surface area contributed by atoms with Crippen molar-refractivity contribution >= 4 is 0 Å². The summed E-state index contributed by atoms with van der Waals surface area (Å²) in [6.45, 7) is 5.66. The first-order valence-electron chi connectivity index (χ1n) is 7.80. The fourth-order valence-corrected chi connectivity index (χ4v) is 3.10. The van der Waals surface area contributed by atoms with Gasteiger partial charge in [-0.1, -0.05) is 45.2 Å². The third kappa shape index (κ3) is 3.50. The van der Waals surface area contributed by atoms with E-state index >= 15 is 0 Å². The van der Waals surface area contributed by atoms with E-state index in [1.165, 1.54) is 31.2 Å². The number of hydrogen-bond acceptors (Lipinski definition) is 2. The molecular formula is C17H27NO. The molecule has 1 aromatic rings. The molecule has 2 heteroatoms. The average molecular weight is 261 g/mol. The van der Waals surface area contributed by atoms with Crippen molar-refractivity contribution in [3.63, 3.8) is 0 Å². The quantitative estimate of drug-likeness (QED) is 0.771. The van der Waals surface area contributed by atoms with Crippen molar-refractivity contribution in [1.82, 2.24) is 5.32 Å². The summed E-state index contributed by atoms with van der Waals surface area (Å²) in [7, 11) is 0. The van der Waals surface area contributed by atoms with E-state index in [0.29, 0.717) is 11.8 Å². The number of nitrogens with one attached hydrogen (secondary N) is 1. The van der Waals surface area contributed by atoms with Crippen LogP contribution >= 0.6 is 0 Å². The van der Waals surface area contributed by atoms with Gasteiger partial charge in [0.15, 0.2) is 0 Å². The lowest BCUT2D eigenvalue weighted by Gasteiger charge is -2.20. The van der Waals surface area contributed by atoms with Crippen LogP contribution in [-0.2, 0) is 6.42 Å². The van der Waals surface area contributed by atoms with Crippen LogP contribution in [0.5, 0.6) is 5.75 Å². The predicted molar refractivity (Wildman–Crippen MR) is 80.5 cm³/mol. The number of rotatable bonds is 7. The molecule has 1 aromatic carbocycles. The number of benzene rings is 1. The Balaban J connectivity index is 1.90. The molecule has 0 fully saturated rings. The minimum Gasteiger partial charge on any atom is -0.508 e. The molecule has 1 aliphatic carbocycles. The summed E-state index contributed by atoms with van der Waals surface area (Å²) in [5, 5.41) is 13.6. The minimum absolute atomic E-state index is 0.442. The van der Waals surface area contributed by atoms with Gasteiger partial charge in [-0.25, -0.2) is 0 Å². The van der Waals surface area contributed by atoms with Gasteiger partial charge in [-0.05, 0) is 48.9 Å². The second-order valence-corrected chi connectivity index (χ2v) is 5.76. The normalized spacial score (nSPS) is 19.4. The van der Waals surface area contributed by atoms with Crippen molar-refractivity contribution in [2.24, 2.45) is 5.92 Å². The van der Waals surface area contributed by atoms with Crippen molar-refractivity contribution in [2.45, 2.75) is 58.4 Å². The zero-order chi connectivity index (χ0) is 13.7. The fourth-order valence-electron chi connectivity index (χ4n) is 3.10. The number of aromatic hydroxyl groups is 1. The number of phenolic OH excluding ortho intramolecular Hbond substituents is 1. The summed E-state index contributed by atoms with van der Waals surface area (Å²) in [5.74, 6) is 1.26. The summed E-state index contributed by atoms with van der Waals surface area (Å²) < 4.78 is 0. The standard InChI is InChI=1S/C17H27NO/c1-3-5-7-13(4-2)12-18-16-11-10-15-14(16)8-6-9-17(15)19/h6,8-9,13,16,18-19H,3-5,7,10-12H2,1-2H3. The molecule has 106 valence electrons. The molecule has 0 aromatic heterocycles. The molecule has 0 saturated carbocycles. The molecule has 0 spiro atoms. The Morgan fingerprint density at radius 1 is 1.37 bits per heavy atom. The Labute approximate surface area is 117 Å². The van der Waals surface area contributed by atoms with Crippen LogP contribution in [0.4, 0.5) is 0 Å². The third-order valence-electron chi connectivity index (χ3n) is 4.44. The SMILES string of the molecule is CCCCC(CC)CNC1CCc2c(O)cccc21. The Hall–Kier alpha value is -1.02. The summed E-state index contributed by atoms with van der Waals surface area (Å²) in [6.07, 6.45) is 7.34. The molecule has 0 aliphatic heterocycles. The van der Waals surface area contributed by atoms with E-state index in [1.807, 2.05) is 6.07 Å². The highest BCUT2D eigenvalue weighted by Crippen LogP contribution is 2.36. The van der Waals surface area contributed by atoms with Gasteiger partial charge in [-0.2, -0.15) is 0 Å². The van der Waals surface area contributed by atoms with Gasteiger partial charge in [0.05, 0.1) is 0 Å². The maximum atomic E-state index is 9.86. The average Bonchev–Trinajstić information content (AvgIpc) is 2.84. The molecule has 0 saturated heterocycles. The van der Waals surface area contributed by atoms with Crippen molar-refractivity contribution in [1.29, 1.82) is 0 Å². The highest BCUT2D eigenvalue weighted by Gasteiger charge is 2.24. The molecule has 0 radical (unpaired) electrons. The van der Waals surface area contributed by atoms with Crippen LogP contribution in [0.3, 0.4) is 0 Å². The lowest BCUT2D eigenvalue weighted by molar-refractivity contribution is 0.389. The molecule has 2 nitrogen and oxygen atoms in total. The van der Waals surface area contributed by atoms with Crippen LogP contribution in [-0.4, -0.2) is 11.7 Å². The van der Waals surface area contributed by atoms with Gasteiger partial charge in [0.1, 0.15) is 5.75 Å². The molecule has 0 heterocycles. The Bertz CT molecular complexity index is 402. The van der Waals surface area contributed by atoms with Crippen LogP contribution < -0.4 is 5.32 Å². The Morgan fingerprint density at radius 2 is 2.21 bits per heavy atom. The highest BCUT2D eigenvalue weighted by molar-refractivity contribution is 5.44. The van der Waals surface area contributed by atoms with Crippen molar-refractivity contribution < 1.29 is 5.11 Å². The first kappa shape index (κ1) is 14.4. The van der Waals surface area contributed by atoms with E-state index in [1.54, 1.807) is 6.07 Å². The highest BCUT2D eigenvalue weighted by atomic mass is 16.3. The first-order chi connectivity index (χ1) is 9.26. The molecule has 1 aliphatic rings. The molecule has 0 bridgehead atoms. The van der Waals surface area contributed by atoms with E-state index in [9.17, 15) is 5.11 Å². The van der Waals surface area contributed by atoms with Crippen molar-refractivity contribution in [3.8, 4) is 5.75 Å². The van der Waals surface area contributed by atoms with Crippen molar-refractivity contribution in [2.75, 3.05) is 6.54 Å². The van der Waals surface area contributed by atoms with Gasteiger partial charge in [0.2, 0.25) is 0 Å². The lowest BCUT2D eigenvalue weighted by atomic mass is 9.98. The van der Waals surface area contributed by atoms with E-state index in [2.05, 4.69) is 25.2 Å². The van der Waals surface area contributed by atoms with Crippen molar-refractivity contribution in [3.05, 3.63) is 29.3 Å². The summed E-state index contributed by atoms with van der Waals surface area (Å²) >= 11 is 0. The Kier molecular flexibility index (Phi) is 5.26. The maximum absolute atomic E-state index is 9.86. The molecule has 2 atom stereocenters. The van der Waals surface area contributed by atoms with Crippen LogP contribution in [0.2, 0.25) is 0 Å². The van der Waals surface area contributed by atoms with Crippen LogP contribution in [0.1, 0.15) is 63.1 Å². The zero-order valence-corrected chi connectivity index (χ0v) is 12.3. The topological polar surface area (TPSA) is 32.3 Å². The second-order valence-electron chi connectivity index (χ2n) is 5.76. The minimum atomic E-state index is 0.442. The first-order valence-corrected chi connectivity index (χ1v) is 7.80. The largest absolute Gasteiger partial charge is 0.508 e. The number of unbranched alkanes of at least 4 members (excludes halogenated alkanes) is 1. The van der Waals surface area contributed by atoms with E-state index in [0.717, 1.165) is 30.9 Å². The van der Waals surface area contributed by atoms with Crippen LogP contribution in [0.25, 0.3) is 0 Å². The molecular weight excluding hydrogens is 234 g/mol. The van der Waals surface area contributed by atoms with Gasteiger partial charge >= 0.3 is 0 Å². The molecule has 19 heavy (non-hydrogen) atoms. The molecule has 2 rings (SSSR count). The lowest BCUT2D eigenvalue weighted by Crippen LogP contribution is -2.26.